The average Bonchev–Trinajstić information content (AvgIpc) is 3.16. The number of H-pyrrole nitrogens is 1. The predicted octanol–water partition coefficient (Wildman–Crippen LogP) is 5.18. The van der Waals surface area contributed by atoms with Crippen molar-refractivity contribution < 1.29 is 0 Å². The van der Waals surface area contributed by atoms with Crippen LogP contribution >= 0.6 is 0 Å². The first-order chi connectivity index (χ1) is 13.8. The van der Waals surface area contributed by atoms with Crippen molar-refractivity contribution in [1.82, 2.24) is 9.55 Å². The minimum atomic E-state index is -0.0861. The van der Waals surface area contributed by atoms with Gasteiger partial charge in [0.15, 0.2) is 0 Å². The van der Waals surface area contributed by atoms with Gasteiger partial charge in [0.2, 0.25) is 0 Å². The average molecular weight is 365 g/mol. The third-order valence-electron chi connectivity index (χ3n) is 5.16. The third-order valence-corrected chi connectivity index (χ3v) is 5.16. The second-order valence-corrected chi connectivity index (χ2v) is 6.76. The molecular formula is C24H19N3O. The summed E-state index contributed by atoms with van der Waals surface area (Å²) < 4.78 is 2.18. The first-order valence-corrected chi connectivity index (χ1v) is 9.27. The quantitative estimate of drug-likeness (QED) is 0.463. The maximum absolute atomic E-state index is 13.0. The van der Waals surface area contributed by atoms with E-state index in [9.17, 15) is 4.79 Å². The van der Waals surface area contributed by atoms with Crippen molar-refractivity contribution in [2.45, 2.75) is 0 Å². The van der Waals surface area contributed by atoms with Gasteiger partial charge in [-0.2, -0.15) is 0 Å². The zero-order valence-electron chi connectivity index (χ0n) is 15.4. The Kier molecular flexibility index (Phi) is 3.76. The number of aromatic nitrogens is 2. The van der Waals surface area contributed by atoms with Gasteiger partial charge in [-0.05, 0) is 29.8 Å². The number of aromatic amines is 1. The van der Waals surface area contributed by atoms with Crippen LogP contribution in [0.25, 0.3) is 38.8 Å². The number of benzene rings is 3. The lowest BCUT2D eigenvalue weighted by Gasteiger charge is -2.13. The molecule has 0 saturated heterocycles. The van der Waals surface area contributed by atoms with E-state index in [0.29, 0.717) is 5.39 Å². The normalized spacial score (nSPS) is 11.2. The summed E-state index contributed by atoms with van der Waals surface area (Å²) in [5.74, 6) is 0. The molecule has 0 aliphatic carbocycles. The highest BCUT2D eigenvalue weighted by atomic mass is 16.1. The van der Waals surface area contributed by atoms with Crippen LogP contribution in [0.1, 0.15) is 0 Å². The van der Waals surface area contributed by atoms with Gasteiger partial charge in [-0.15, -0.1) is 0 Å². The molecular weight excluding hydrogens is 346 g/mol. The number of anilines is 1. The molecule has 4 nitrogen and oxygen atoms in total. The monoisotopic (exact) mass is 365 g/mol. The van der Waals surface area contributed by atoms with Gasteiger partial charge in [0.05, 0.1) is 27.8 Å². The molecule has 2 aromatic heterocycles. The predicted molar refractivity (Wildman–Crippen MR) is 116 cm³/mol. The summed E-state index contributed by atoms with van der Waals surface area (Å²) in [5, 5.41) is 4.87. The lowest BCUT2D eigenvalue weighted by atomic mass is 10.1. The number of nitrogens with zero attached hydrogens (tertiary/aromatic N) is 1. The summed E-state index contributed by atoms with van der Waals surface area (Å²) in [6, 6.07) is 28.4. The topological polar surface area (TPSA) is 49.8 Å². The summed E-state index contributed by atoms with van der Waals surface area (Å²) in [6.45, 7) is 0. The highest BCUT2D eigenvalue weighted by Gasteiger charge is 2.18. The molecule has 0 aliphatic rings. The highest BCUT2D eigenvalue weighted by Crippen LogP contribution is 2.35. The number of para-hydroxylation sites is 2. The molecule has 4 heteroatoms. The molecule has 0 aliphatic heterocycles. The van der Waals surface area contributed by atoms with Crippen molar-refractivity contribution in [3.63, 3.8) is 0 Å². The molecule has 0 amide bonds. The number of hydrogen-bond acceptors (Lipinski definition) is 2. The van der Waals surface area contributed by atoms with E-state index in [-0.39, 0.29) is 5.56 Å². The first-order valence-electron chi connectivity index (χ1n) is 9.27. The van der Waals surface area contributed by atoms with Crippen molar-refractivity contribution in [1.29, 1.82) is 0 Å². The van der Waals surface area contributed by atoms with Crippen molar-refractivity contribution in [2.24, 2.45) is 0 Å². The molecule has 2 N–H and O–H groups in total. The van der Waals surface area contributed by atoms with E-state index in [0.717, 1.165) is 39.1 Å². The molecule has 0 unspecified atom stereocenters. The molecule has 136 valence electrons. The van der Waals surface area contributed by atoms with Crippen LogP contribution < -0.4 is 10.9 Å². The van der Waals surface area contributed by atoms with Crippen LogP contribution in [0, 0.1) is 0 Å². The maximum Gasteiger partial charge on any atom is 0.257 e. The lowest BCUT2D eigenvalue weighted by molar-refractivity contribution is 1.14. The summed E-state index contributed by atoms with van der Waals surface area (Å²) in [5.41, 5.74) is 5.64. The van der Waals surface area contributed by atoms with Gasteiger partial charge in [-0.3, -0.25) is 4.79 Å². The summed E-state index contributed by atoms with van der Waals surface area (Å²) in [4.78, 5) is 16.1. The van der Waals surface area contributed by atoms with E-state index >= 15 is 0 Å². The SMILES string of the molecule is CNc1cccc2c1[nH]c(=O)c1cc(-c3ccccc3)n(-c3ccccc3)c12. The first kappa shape index (κ1) is 16.4. The fourth-order valence-electron chi connectivity index (χ4n) is 3.89. The van der Waals surface area contributed by atoms with Crippen molar-refractivity contribution >= 4 is 27.5 Å². The van der Waals surface area contributed by atoms with Gasteiger partial charge in [0.1, 0.15) is 0 Å². The van der Waals surface area contributed by atoms with Gasteiger partial charge in [0.25, 0.3) is 5.56 Å². The second kappa shape index (κ2) is 6.43. The maximum atomic E-state index is 13.0. The molecule has 3 aromatic carbocycles. The molecule has 28 heavy (non-hydrogen) atoms. The molecule has 0 saturated carbocycles. The van der Waals surface area contributed by atoms with Crippen LogP contribution in [0.2, 0.25) is 0 Å². The van der Waals surface area contributed by atoms with Crippen LogP contribution in [-0.2, 0) is 0 Å². The Labute approximate surface area is 162 Å². The van der Waals surface area contributed by atoms with E-state index < -0.39 is 0 Å². The van der Waals surface area contributed by atoms with E-state index in [4.69, 9.17) is 0 Å². The molecule has 0 atom stereocenters. The smallest absolute Gasteiger partial charge is 0.257 e. The molecule has 2 heterocycles. The van der Waals surface area contributed by atoms with Crippen LogP contribution in [0.5, 0.6) is 0 Å². The number of pyridine rings is 1. The minimum Gasteiger partial charge on any atom is -0.386 e. The Hall–Kier alpha value is -3.79. The number of fused-ring (bicyclic) bond motifs is 3. The van der Waals surface area contributed by atoms with Gasteiger partial charge in [-0.1, -0.05) is 60.7 Å². The molecule has 5 rings (SSSR count). The number of hydrogen-bond donors (Lipinski definition) is 2. The molecule has 5 aromatic rings. The van der Waals surface area contributed by atoms with Crippen LogP contribution in [0.3, 0.4) is 0 Å². The Morgan fingerprint density at radius 3 is 2.25 bits per heavy atom. The van der Waals surface area contributed by atoms with Gasteiger partial charge in [-0.25, -0.2) is 0 Å². The Morgan fingerprint density at radius 2 is 1.54 bits per heavy atom. The Morgan fingerprint density at radius 1 is 0.821 bits per heavy atom. The van der Waals surface area contributed by atoms with Crippen molar-refractivity contribution in [3.8, 4) is 16.9 Å². The van der Waals surface area contributed by atoms with E-state index in [1.165, 1.54) is 0 Å². The van der Waals surface area contributed by atoms with E-state index in [2.05, 4.69) is 45.2 Å². The summed E-state index contributed by atoms with van der Waals surface area (Å²) >= 11 is 0. The molecule has 0 bridgehead atoms. The fourth-order valence-corrected chi connectivity index (χ4v) is 3.89. The minimum absolute atomic E-state index is 0.0861. The zero-order chi connectivity index (χ0) is 19.1. The zero-order valence-corrected chi connectivity index (χ0v) is 15.4. The van der Waals surface area contributed by atoms with Crippen LogP contribution in [0.4, 0.5) is 5.69 Å². The van der Waals surface area contributed by atoms with Crippen LogP contribution in [0.15, 0.2) is 89.7 Å². The van der Waals surface area contributed by atoms with E-state index in [1.807, 2.05) is 61.6 Å². The van der Waals surface area contributed by atoms with E-state index in [1.54, 1.807) is 0 Å². The Balaban J connectivity index is 2.01. The van der Waals surface area contributed by atoms with Gasteiger partial charge in [0, 0.05) is 18.1 Å². The molecule has 0 spiro atoms. The molecule has 0 radical (unpaired) electrons. The Bertz CT molecular complexity index is 1350. The largest absolute Gasteiger partial charge is 0.386 e. The third kappa shape index (κ3) is 2.42. The number of rotatable bonds is 3. The lowest BCUT2D eigenvalue weighted by Crippen LogP contribution is -2.08. The standard InChI is InChI=1S/C24H19N3O/c1-25-20-14-8-13-18-22(20)26-24(28)19-15-21(16-9-4-2-5-10-16)27(23(18)19)17-11-6-3-7-12-17/h2-15,25H,1H3,(H,26,28). The number of nitrogens with one attached hydrogen (secondary N) is 2. The second-order valence-electron chi connectivity index (χ2n) is 6.76. The highest BCUT2D eigenvalue weighted by molar-refractivity contribution is 6.09. The van der Waals surface area contributed by atoms with Gasteiger partial charge >= 0.3 is 0 Å². The van der Waals surface area contributed by atoms with Crippen molar-refractivity contribution in [3.05, 3.63) is 95.3 Å². The molecule has 0 fully saturated rings. The summed E-state index contributed by atoms with van der Waals surface area (Å²) in [6.07, 6.45) is 0. The summed E-state index contributed by atoms with van der Waals surface area (Å²) in [7, 11) is 1.86. The van der Waals surface area contributed by atoms with Crippen molar-refractivity contribution in [2.75, 3.05) is 12.4 Å². The fraction of sp³-hybridized carbons (Fsp3) is 0.0417. The van der Waals surface area contributed by atoms with Gasteiger partial charge < -0.3 is 14.9 Å². The van der Waals surface area contributed by atoms with Crippen LogP contribution in [-0.4, -0.2) is 16.6 Å².